The Balaban J connectivity index is 1.34. The number of halogens is 2. The molecule has 296 valence electrons. The predicted molar refractivity (Wildman–Crippen MR) is 221 cm³/mol. The summed E-state index contributed by atoms with van der Waals surface area (Å²) >= 11 is 0. The van der Waals surface area contributed by atoms with Gasteiger partial charge in [0.15, 0.2) is 8.32 Å². The molecule has 0 fully saturated rings. The summed E-state index contributed by atoms with van der Waals surface area (Å²) in [5.74, 6) is 0.954. The van der Waals surface area contributed by atoms with Crippen molar-refractivity contribution in [2.24, 2.45) is 0 Å². The highest BCUT2D eigenvalue weighted by Crippen LogP contribution is 2.42. The Morgan fingerprint density at radius 3 is 1.80 bits per heavy atom. The average molecular weight is 781 g/mol. The van der Waals surface area contributed by atoms with E-state index in [0.29, 0.717) is 34.8 Å². The van der Waals surface area contributed by atoms with E-state index < -0.39 is 38.5 Å². The number of amides is 2. The summed E-state index contributed by atoms with van der Waals surface area (Å²) in [5.41, 5.74) is 4.80. The summed E-state index contributed by atoms with van der Waals surface area (Å²) in [6, 6.07) is 34.5. The van der Waals surface area contributed by atoms with E-state index in [4.69, 9.17) is 18.6 Å². The van der Waals surface area contributed by atoms with Crippen molar-refractivity contribution in [1.29, 1.82) is 0 Å². The molecule has 0 heterocycles. The maximum Gasteiger partial charge on any atom is 0.315 e. The van der Waals surface area contributed by atoms with Crippen LogP contribution in [0, 0.1) is 5.82 Å². The van der Waals surface area contributed by atoms with Gasteiger partial charge < -0.3 is 29.3 Å². The van der Waals surface area contributed by atoms with Gasteiger partial charge in [0.25, 0.3) is 0 Å². The minimum atomic E-state index is -2.01. The first-order valence-corrected chi connectivity index (χ1v) is 21.7. The molecule has 5 rings (SSSR count). The molecule has 7 nitrogen and oxygen atoms in total. The second kappa shape index (κ2) is 18.3. The highest BCUT2D eigenvalue weighted by molar-refractivity contribution is 6.74. The second-order valence-electron chi connectivity index (χ2n) is 15.6. The molecule has 2 N–H and O–H groups in total. The van der Waals surface area contributed by atoms with Crippen molar-refractivity contribution in [3.63, 3.8) is 0 Å². The number of hydrogen-bond donors (Lipinski definition) is 2. The van der Waals surface area contributed by atoms with Gasteiger partial charge in [0.1, 0.15) is 29.6 Å². The molecule has 5 aromatic rings. The molecule has 2 amide bonds. The highest BCUT2D eigenvalue weighted by atomic mass is 28.4. The third-order valence-corrected chi connectivity index (χ3v) is 15.1. The van der Waals surface area contributed by atoms with Gasteiger partial charge in [0.2, 0.25) is 0 Å². The Bertz CT molecular complexity index is 2000. The number of rotatable bonds is 16. The van der Waals surface area contributed by atoms with Crippen LogP contribution in [0.15, 0.2) is 115 Å². The summed E-state index contributed by atoms with van der Waals surface area (Å²) < 4.78 is 53.4. The number of benzene rings is 5. The number of carbonyl (C=O) groups is 1. The molecular weight excluding hydrogens is 727 g/mol. The Kier molecular flexibility index (Phi) is 13.7. The van der Waals surface area contributed by atoms with E-state index >= 15 is 4.39 Å². The Morgan fingerprint density at radius 1 is 0.714 bits per heavy atom. The van der Waals surface area contributed by atoms with E-state index in [1.165, 1.54) is 12.1 Å². The van der Waals surface area contributed by atoms with Crippen LogP contribution in [-0.4, -0.2) is 28.6 Å². The molecule has 0 saturated heterocycles. The molecular formula is C46H54F2N2O5Si. The zero-order valence-corrected chi connectivity index (χ0v) is 34.7. The van der Waals surface area contributed by atoms with Crippen molar-refractivity contribution >= 4 is 14.3 Å². The Labute approximate surface area is 331 Å². The lowest BCUT2D eigenvalue weighted by Crippen LogP contribution is -2.40. The topological polar surface area (TPSA) is 78.1 Å². The minimum Gasteiger partial charge on any atom is -0.497 e. The Morgan fingerprint density at radius 2 is 1.25 bits per heavy atom. The number of ether oxygens (including phenoxy) is 3. The molecule has 10 heteroatoms. The van der Waals surface area contributed by atoms with Crippen LogP contribution in [0.25, 0.3) is 0 Å². The van der Waals surface area contributed by atoms with Gasteiger partial charge in [-0.2, -0.15) is 0 Å². The van der Waals surface area contributed by atoms with Crippen LogP contribution >= 0.6 is 0 Å². The third-order valence-electron chi connectivity index (χ3n) is 10.6. The van der Waals surface area contributed by atoms with Gasteiger partial charge >= 0.3 is 6.03 Å². The summed E-state index contributed by atoms with van der Waals surface area (Å²) in [6.07, 6.45) is 0. The van der Waals surface area contributed by atoms with Crippen LogP contribution in [0.3, 0.4) is 0 Å². The van der Waals surface area contributed by atoms with E-state index in [1.54, 1.807) is 27.2 Å². The van der Waals surface area contributed by atoms with Gasteiger partial charge in [-0.15, -0.1) is 0 Å². The monoisotopic (exact) mass is 780 g/mol. The van der Waals surface area contributed by atoms with Gasteiger partial charge in [-0.05, 0) is 106 Å². The van der Waals surface area contributed by atoms with E-state index in [0.717, 1.165) is 27.8 Å². The van der Waals surface area contributed by atoms with Crippen molar-refractivity contribution in [1.82, 2.24) is 10.6 Å². The SMILES string of the molecule is COc1ccc(C(OCc2cc(F)cc(C(C)NC(=O)NCc3cc(CF)cc(CO[Si](C)(C)C(C)(C)C)c3)c2)(c2ccccc2)c2ccc(OC)cc2)cc1. The van der Waals surface area contributed by atoms with Crippen molar-refractivity contribution < 1.29 is 32.2 Å². The van der Waals surface area contributed by atoms with E-state index in [-0.39, 0.29) is 18.2 Å². The van der Waals surface area contributed by atoms with Gasteiger partial charge in [0, 0.05) is 6.54 Å². The van der Waals surface area contributed by atoms with Crippen LogP contribution in [0.4, 0.5) is 13.6 Å². The lowest BCUT2D eigenvalue weighted by molar-refractivity contribution is 0.0000526. The van der Waals surface area contributed by atoms with Crippen LogP contribution in [0.1, 0.15) is 78.2 Å². The van der Waals surface area contributed by atoms with Gasteiger partial charge in [-0.3, -0.25) is 0 Å². The number of carbonyl (C=O) groups excluding carboxylic acids is 1. The molecule has 0 aliphatic carbocycles. The molecule has 0 bridgehead atoms. The van der Waals surface area contributed by atoms with Crippen LogP contribution < -0.4 is 20.1 Å². The molecule has 0 aromatic heterocycles. The average Bonchev–Trinajstić information content (AvgIpc) is 3.19. The summed E-state index contributed by atoms with van der Waals surface area (Å²) in [6.45, 7) is 12.7. The second-order valence-corrected chi connectivity index (χ2v) is 20.4. The first kappa shape index (κ1) is 42.1. The maximum absolute atomic E-state index is 15.3. The van der Waals surface area contributed by atoms with Crippen molar-refractivity contribution in [2.75, 3.05) is 14.2 Å². The number of methoxy groups -OCH3 is 2. The van der Waals surface area contributed by atoms with Gasteiger partial charge in [-0.1, -0.05) is 99.6 Å². The largest absolute Gasteiger partial charge is 0.497 e. The standard InChI is InChI=1S/C46H54F2N2O5Si/c1-32(50-44(51)49-29-34-22-33(28-47)23-35(24-34)31-55-56(7,8)45(2,3)4)37-25-36(26-41(48)27-37)30-54-46(38-12-10-9-11-13-38,39-14-18-42(52-5)19-15-39)40-16-20-43(53-6)21-17-40/h9-27,32H,28-31H2,1-8H3,(H2,49,50,51). The smallest absolute Gasteiger partial charge is 0.315 e. The van der Waals surface area contributed by atoms with Gasteiger partial charge in [-0.25, -0.2) is 13.6 Å². The molecule has 56 heavy (non-hydrogen) atoms. The zero-order valence-electron chi connectivity index (χ0n) is 33.7. The molecule has 0 spiro atoms. The molecule has 1 unspecified atom stereocenters. The van der Waals surface area contributed by atoms with Crippen LogP contribution in [0.2, 0.25) is 18.1 Å². The quantitative estimate of drug-likeness (QED) is 0.0770. The lowest BCUT2D eigenvalue weighted by Gasteiger charge is -2.36. The number of urea groups is 1. The maximum atomic E-state index is 15.3. The fourth-order valence-corrected chi connectivity index (χ4v) is 7.33. The molecule has 0 radical (unpaired) electrons. The number of alkyl halides is 1. The van der Waals surface area contributed by atoms with E-state index in [1.807, 2.05) is 97.1 Å². The summed E-state index contributed by atoms with van der Waals surface area (Å²) in [4.78, 5) is 13.1. The normalized spacial score (nSPS) is 12.5. The molecule has 0 aliphatic rings. The molecule has 1 atom stereocenters. The van der Waals surface area contributed by atoms with Crippen molar-refractivity contribution in [3.8, 4) is 11.5 Å². The fraction of sp³-hybridized carbons (Fsp3) is 0.326. The first-order chi connectivity index (χ1) is 26.7. The fourth-order valence-electron chi connectivity index (χ4n) is 6.37. The summed E-state index contributed by atoms with van der Waals surface area (Å²) in [7, 11) is 1.23. The predicted octanol–water partition coefficient (Wildman–Crippen LogP) is 10.9. The highest BCUT2D eigenvalue weighted by Gasteiger charge is 2.39. The number of nitrogens with one attached hydrogen (secondary N) is 2. The minimum absolute atomic E-state index is 0.0422. The van der Waals surface area contributed by atoms with Crippen molar-refractivity contribution in [2.45, 2.75) is 83.9 Å². The third kappa shape index (κ3) is 10.2. The van der Waals surface area contributed by atoms with E-state index in [9.17, 15) is 9.18 Å². The van der Waals surface area contributed by atoms with Crippen LogP contribution in [-0.2, 0) is 41.2 Å². The van der Waals surface area contributed by atoms with E-state index in [2.05, 4.69) is 44.5 Å². The van der Waals surface area contributed by atoms with Crippen LogP contribution in [0.5, 0.6) is 11.5 Å². The first-order valence-electron chi connectivity index (χ1n) is 18.8. The number of hydrogen-bond acceptors (Lipinski definition) is 5. The molecule has 0 aliphatic heterocycles. The molecule has 0 saturated carbocycles. The van der Waals surface area contributed by atoms with Crippen molar-refractivity contribution in [3.05, 3.63) is 166 Å². The molecule has 5 aromatic carbocycles. The summed E-state index contributed by atoms with van der Waals surface area (Å²) in [5, 5.41) is 5.84. The zero-order chi connectivity index (χ0) is 40.5. The van der Waals surface area contributed by atoms with Gasteiger partial charge in [0.05, 0.1) is 33.5 Å². The lowest BCUT2D eigenvalue weighted by atomic mass is 9.80. The Hall–Kier alpha value is -5.03.